The van der Waals surface area contributed by atoms with Crippen molar-refractivity contribution in [3.8, 4) is 0 Å². The molecule has 0 aliphatic rings. The molecule has 0 bridgehead atoms. The number of benzene rings is 3. The van der Waals surface area contributed by atoms with Crippen LogP contribution in [-0.4, -0.2) is 37.2 Å². The highest BCUT2D eigenvalue weighted by atomic mass is 16.5. The second-order valence-electron chi connectivity index (χ2n) is 10.1. The topological polar surface area (TPSA) is 89.9 Å². The van der Waals surface area contributed by atoms with E-state index in [1.807, 2.05) is 94.4 Å². The van der Waals surface area contributed by atoms with Crippen LogP contribution in [0, 0.1) is 20.8 Å². The Morgan fingerprint density at radius 1 is 0.683 bits per heavy atom. The molecule has 3 rings (SSSR count). The fourth-order valence-electron chi connectivity index (χ4n) is 4.41. The maximum absolute atomic E-state index is 11.6. The lowest BCUT2D eigenvalue weighted by atomic mass is 9.93. The third-order valence-corrected chi connectivity index (χ3v) is 6.49. The van der Waals surface area contributed by atoms with Gasteiger partial charge in [-0.05, 0) is 50.3 Å². The fraction of sp³-hybridized carbons (Fsp3) is 0.400. The summed E-state index contributed by atoms with van der Waals surface area (Å²) in [6, 6.07) is 23.6. The molecule has 0 saturated heterocycles. The zero-order valence-corrected chi connectivity index (χ0v) is 25.6. The van der Waals surface area contributed by atoms with Gasteiger partial charge in [0, 0.05) is 0 Å². The van der Waals surface area contributed by atoms with Crippen LogP contribution in [0.25, 0.3) is 0 Å². The number of carboxylic acid groups (broad SMARTS) is 1. The molecule has 3 aromatic rings. The minimum absolute atomic E-state index is 0.111. The van der Waals surface area contributed by atoms with Gasteiger partial charge in [0.25, 0.3) is 0 Å². The predicted molar refractivity (Wildman–Crippen MR) is 164 cm³/mol. The summed E-state index contributed by atoms with van der Waals surface area (Å²) in [5.41, 5.74) is 6.43. The summed E-state index contributed by atoms with van der Waals surface area (Å²) in [7, 11) is 2.85. The van der Waals surface area contributed by atoms with E-state index in [-0.39, 0.29) is 23.8 Å². The van der Waals surface area contributed by atoms with Gasteiger partial charge in [-0.2, -0.15) is 0 Å². The van der Waals surface area contributed by atoms with Gasteiger partial charge in [0.1, 0.15) is 0 Å². The number of methoxy groups -OCH3 is 2. The van der Waals surface area contributed by atoms with Gasteiger partial charge in [-0.15, -0.1) is 0 Å². The Morgan fingerprint density at radius 2 is 1.15 bits per heavy atom. The van der Waals surface area contributed by atoms with Crippen molar-refractivity contribution in [1.82, 2.24) is 0 Å². The van der Waals surface area contributed by atoms with Crippen LogP contribution < -0.4 is 0 Å². The van der Waals surface area contributed by atoms with Crippen LogP contribution in [0.4, 0.5) is 0 Å². The van der Waals surface area contributed by atoms with Crippen LogP contribution in [-0.2, 0) is 30.3 Å². The highest BCUT2D eigenvalue weighted by Crippen LogP contribution is 2.24. The molecule has 0 radical (unpaired) electrons. The summed E-state index contributed by atoms with van der Waals surface area (Å²) in [6.45, 7) is 10.1. The average Bonchev–Trinajstić information content (AvgIpc) is 2.94. The van der Waals surface area contributed by atoms with Crippen molar-refractivity contribution in [2.45, 2.75) is 78.6 Å². The van der Waals surface area contributed by atoms with E-state index in [0.29, 0.717) is 12.8 Å². The van der Waals surface area contributed by atoms with Gasteiger partial charge in [0.15, 0.2) is 0 Å². The third kappa shape index (κ3) is 13.3. The quantitative estimate of drug-likeness (QED) is 0.254. The Balaban J connectivity index is 0.000000309. The number of carboxylic acids is 1. The van der Waals surface area contributed by atoms with Crippen molar-refractivity contribution in [2.75, 3.05) is 14.2 Å². The van der Waals surface area contributed by atoms with E-state index >= 15 is 0 Å². The molecule has 6 nitrogen and oxygen atoms in total. The third-order valence-electron chi connectivity index (χ3n) is 6.49. The first kappa shape index (κ1) is 35.1. The number of hydrogen-bond donors (Lipinski definition) is 1. The van der Waals surface area contributed by atoms with Gasteiger partial charge in [0.2, 0.25) is 0 Å². The molecule has 0 saturated carbocycles. The number of carbonyl (C=O) groups excluding carboxylic acids is 2. The summed E-state index contributed by atoms with van der Waals surface area (Å²) in [4.78, 5) is 33.5. The van der Waals surface area contributed by atoms with Gasteiger partial charge < -0.3 is 14.6 Å². The Morgan fingerprint density at radius 3 is 1.56 bits per heavy atom. The molecular formula is C35H46O6. The zero-order chi connectivity index (χ0) is 30.8. The van der Waals surface area contributed by atoms with E-state index in [1.54, 1.807) is 0 Å². The largest absolute Gasteiger partial charge is 0.481 e. The molecule has 3 aromatic carbocycles. The van der Waals surface area contributed by atoms with E-state index < -0.39 is 5.97 Å². The molecule has 0 aliphatic heterocycles. The SMILES string of the molecule is CCCC(C(=O)O)c1cccc(C)c1.CCCC(C(=O)OC)c1cccc(C)c1.COC(=O)Cc1cccc(C)c1. The van der Waals surface area contributed by atoms with Gasteiger partial charge in [-0.1, -0.05) is 116 Å². The molecule has 6 heteroatoms. The van der Waals surface area contributed by atoms with Crippen LogP contribution in [0.15, 0.2) is 72.8 Å². The minimum atomic E-state index is -0.725. The van der Waals surface area contributed by atoms with E-state index in [1.165, 1.54) is 19.8 Å². The van der Waals surface area contributed by atoms with Crippen molar-refractivity contribution in [3.05, 3.63) is 106 Å². The van der Waals surface area contributed by atoms with Crippen LogP contribution in [0.1, 0.15) is 84.7 Å². The van der Waals surface area contributed by atoms with Crippen LogP contribution in [0.3, 0.4) is 0 Å². The lowest BCUT2D eigenvalue weighted by Gasteiger charge is -2.14. The summed E-state index contributed by atoms with van der Waals surface area (Å²) in [5.74, 6) is -1.51. The van der Waals surface area contributed by atoms with Crippen molar-refractivity contribution in [2.24, 2.45) is 0 Å². The monoisotopic (exact) mass is 562 g/mol. The number of ether oxygens (including phenoxy) is 2. The second-order valence-corrected chi connectivity index (χ2v) is 10.1. The average molecular weight is 563 g/mol. The van der Waals surface area contributed by atoms with E-state index in [0.717, 1.165) is 47.1 Å². The number of aliphatic carboxylic acids is 1. The number of aryl methyl sites for hydroxylation is 3. The Bertz CT molecular complexity index is 1230. The zero-order valence-electron chi connectivity index (χ0n) is 25.6. The smallest absolute Gasteiger partial charge is 0.313 e. The summed E-state index contributed by atoms with van der Waals surface area (Å²) >= 11 is 0. The molecule has 0 spiro atoms. The first-order chi connectivity index (χ1) is 19.6. The lowest BCUT2D eigenvalue weighted by molar-refractivity contribution is -0.143. The first-order valence-electron chi connectivity index (χ1n) is 14.1. The summed E-state index contributed by atoms with van der Waals surface area (Å²) < 4.78 is 9.38. The van der Waals surface area contributed by atoms with Crippen LogP contribution in [0.2, 0.25) is 0 Å². The Labute approximate surface area is 245 Å². The number of carbonyl (C=O) groups is 3. The van der Waals surface area contributed by atoms with Gasteiger partial charge in [-0.3, -0.25) is 14.4 Å². The lowest BCUT2D eigenvalue weighted by Crippen LogP contribution is -2.14. The van der Waals surface area contributed by atoms with Crippen molar-refractivity contribution in [3.63, 3.8) is 0 Å². The van der Waals surface area contributed by atoms with Gasteiger partial charge in [0.05, 0.1) is 32.5 Å². The maximum atomic E-state index is 11.6. The summed E-state index contributed by atoms with van der Waals surface area (Å²) in [6.07, 6.45) is 3.78. The molecule has 222 valence electrons. The Kier molecular flexibility index (Phi) is 16.4. The molecule has 2 unspecified atom stereocenters. The first-order valence-corrected chi connectivity index (χ1v) is 14.1. The standard InChI is InChI=1S/C13H18O2.C12H16O2.C10H12O2/c1-4-6-12(13(14)15-3)11-8-5-7-10(2)9-11;1-3-5-11(12(13)14)10-7-4-6-9(2)8-10;1-8-4-3-5-9(6-8)7-10(11)12-2/h5,7-9,12H,4,6H2,1-3H3;4,6-8,11H,3,5H2,1-2H3,(H,13,14);3-6H,7H2,1-2H3. The van der Waals surface area contributed by atoms with Gasteiger partial charge in [-0.25, -0.2) is 0 Å². The predicted octanol–water partition coefficient (Wildman–Crippen LogP) is 7.73. The van der Waals surface area contributed by atoms with E-state index in [2.05, 4.69) is 17.7 Å². The molecule has 0 aliphatic carbocycles. The highest BCUT2D eigenvalue weighted by Gasteiger charge is 2.20. The molecule has 0 aromatic heterocycles. The van der Waals surface area contributed by atoms with Crippen molar-refractivity contribution >= 4 is 17.9 Å². The molecule has 0 heterocycles. The number of esters is 2. The maximum Gasteiger partial charge on any atom is 0.313 e. The second kappa shape index (κ2) is 19.2. The molecule has 1 N–H and O–H groups in total. The van der Waals surface area contributed by atoms with Crippen molar-refractivity contribution in [1.29, 1.82) is 0 Å². The van der Waals surface area contributed by atoms with Crippen molar-refractivity contribution < 1.29 is 29.0 Å². The minimum Gasteiger partial charge on any atom is -0.481 e. The molecular weight excluding hydrogens is 516 g/mol. The normalized spacial score (nSPS) is 11.5. The van der Waals surface area contributed by atoms with Crippen LogP contribution in [0.5, 0.6) is 0 Å². The number of hydrogen-bond acceptors (Lipinski definition) is 5. The molecule has 0 amide bonds. The van der Waals surface area contributed by atoms with Crippen LogP contribution >= 0.6 is 0 Å². The molecule has 41 heavy (non-hydrogen) atoms. The molecule has 0 fully saturated rings. The van der Waals surface area contributed by atoms with E-state index in [9.17, 15) is 14.4 Å². The highest BCUT2D eigenvalue weighted by molar-refractivity contribution is 5.78. The number of rotatable bonds is 10. The summed E-state index contributed by atoms with van der Waals surface area (Å²) in [5, 5.41) is 9.05. The Hall–Kier alpha value is -3.93. The van der Waals surface area contributed by atoms with E-state index in [4.69, 9.17) is 9.84 Å². The van der Waals surface area contributed by atoms with Gasteiger partial charge >= 0.3 is 17.9 Å². The molecule has 2 atom stereocenters. The fourth-order valence-corrected chi connectivity index (χ4v) is 4.41.